The van der Waals surface area contributed by atoms with E-state index in [4.69, 9.17) is 5.73 Å². The lowest BCUT2D eigenvalue weighted by atomic mass is 9.79. The van der Waals surface area contributed by atoms with Crippen LogP contribution in [0.3, 0.4) is 0 Å². The van der Waals surface area contributed by atoms with Crippen LogP contribution >= 0.6 is 0 Å². The number of carbonyl (C=O) groups excluding carboxylic acids is 1. The fraction of sp³-hybridized carbons (Fsp3) is 0.0625. The van der Waals surface area contributed by atoms with Crippen LogP contribution < -0.4 is 5.73 Å². The number of rotatable bonds is 1. The van der Waals surface area contributed by atoms with E-state index < -0.39 is 10.1 Å². The molecule has 0 spiro atoms. The quantitative estimate of drug-likeness (QED) is 0.531. The molecule has 0 unspecified atom stereocenters. The first-order valence-corrected chi connectivity index (χ1v) is 7.91. The number of hydrogen-bond donors (Lipinski definition) is 2. The van der Waals surface area contributed by atoms with E-state index in [2.05, 4.69) is 6.58 Å². The molecule has 0 aliphatic heterocycles. The van der Waals surface area contributed by atoms with Gasteiger partial charge in [0.25, 0.3) is 10.1 Å². The molecule has 0 heterocycles. The maximum absolute atomic E-state index is 12.7. The maximum Gasteiger partial charge on any atom is 0.294 e. The van der Waals surface area contributed by atoms with Gasteiger partial charge in [-0.1, -0.05) is 30.8 Å². The topological polar surface area (TPSA) is 97.5 Å². The monoisotopic (exact) mass is 315 g/mol. The second-order valence-corrected chi connectivity index (χ2v) is 6.56. The van der Waals surface area contributed by atoms with Gasteiger partial charge < -0.3 is 5.73 Å². The van der Waals surface area contributed by atoms with Crippen molar-refractivity contribution in [3.8, 4) is 0 Å². The summed E-state index contributed by atoms with van der Waals surface area (Å²) in [6.07, 6.45) is 0. The Morgan fingerprint density at radius 2 is 1.73 bits per heavy atom. The minimum Gasteiger partial charge on any atom is -0.398 e. The summed E-state index contributed by atoms with van der Waals surface area (Å²) in [6, 6.07) is 8.05. The number of benzene rings is 2. The fourth-order valence-electron chi connectivity index (χ4n) is 2.88. The van der Waals surface area contributed by atoms with Crippen LogP contribution in [0, 0.1) is 6.92 Å². The number of ketones is 1. The summed E-state index contributed by atoms with van der Waals surface area (Å²) in [7, 11) is -4.44. The maximum atomic E-state index is 12.7. The number of nitrogens with two attached hydrogens (primary N) is 1. The van der Waals surface area contributed by atoms with Crippen LogP contribution in [0.1, 0.15) is 32.6 Å². The van der Waals surface area contributed by atoms with Crippen LogP contribution in [-0.4, -0.2) is 18.8 Å². The molecule has 0 amide bonds. The lowest BCUT2D eigenvalue weighted by Gasteiger charge is -2.25. The molecule has 0 bridgehead atoms. The van der Waals surface area contributed by atoms with E-state index in [0.29, 0.717) is 22.3 Å². The third-order valence-electron chi connectivity index (χ3n) is 3.87. The Bertz CT molecular complexity index is 958. The molecule has 0 aromatic heterocycles. The normalized spacial score (nSPS) is 13.7. The van der Waals surface area contributed by atoms with E-state index in [0.717, 1.165) is 6.07 Å². The summed E-state index contributed by atoms with van der Waals surface area (Å²) in [5.74, 6) is -0.277. The van der Waals surface area contributed by atoms with Crippen molar-refractivity contribution < 1.29 is 17.8 Å². The van der Waals surface area contributed by atoms with Crippen molar-refractivity contribution in [1.82, 2.24) is 0 Å². The minimum absolute atomic E-state index is 0.00822. The van der Waals surface area contributed by atoms with Crippen LogP contribution in [0.4, 0.5) is 5.69 Å². The van der Waals surface area contributed by atoms with Crippen molar-refractivity contribution in [3.63, 3.8) is 0 Å². The van der Waals surface area contributed by atoms with E-state index in [9.17, 15) is 17.8 Å². The van der Waals surface area contributed by atoms with E-state index >= 15 is 0 Å². The summed E-state index contributed by atoms with van der Waals surface area (Å²) in [5.41, 5.74) is 8.38. The van der Waals surface area contributed by atoms with Gasteiger partial charge in [-0.05, 0) is 35.3 Å². The first kappa shape index (κ1) is 14.5. The van der Waals surface area contributed by atoms with Crippen molar-refractivity contribution in [3.05, 3.63) is 64.7 Å². The van der Waals surface area contributed by atoms with E-state index in [1.54, 1.807) is 24.3 Å². The SMILES string of the molecule is C=C1c2ccccc2C(=O)c2c(N)cc(S(=O)(=O)O)c(C)c21. The highest BCUT2D eigenvalue weighted by molar-refractivity contribution is 7.85. The van der Waals surface area contributed by atoms with E-state index in [-0.39, 0.29) is 27.5 Å². The molecule has 3 rings (SSSR count). The van der Waals surface area contributed by atoms with Crippen LogP contribution in [0.2, 0.25) is 0 Å². The third kappa shape index (κ3) is 1.88. The average molecular weight is 315 g/mol. The summed E-state index contributed by atoms with van der Waals surface area (Å²) < 4.78 is 32.4. The number of fused-ring (bicyclic) bond motifs is 2. The molecule has 2 aromatic carbocycles. The molecule has 0 radical (unpaired) electrons. The highest BCUT2D eigenvalue weighted by atomic mass is 32.2. The van der Waals surface area contributed by atoms with Gasteiger partial charge in [-0.25, -0.2) is 0 Å². The number of nitrogen functional groups attached to an aromatic ring is 1. The van der Waals surface area contributed by atoms with Gasteiger partial charge in [0.2, 0.25) is 0 Å². The Balaban J connectivity index is 2.44. The Labute approximate surface area is 127 Å². The second kappa shape index (κ2) is 4.53. The second-order valence-electron chi connectivity index (χ2n) is 5.17. The first-order chi connectivity index (χ1) is 10.2. The molecule has 6 heteroatoms. The Kier molecular flexibility index (Phi) is 2.98. The molecule has 1 aliphatic rings. The Morgan fingerprint density at radius 3 is 2.32 bits per heavy atom. The van der Waals surface area contributed by atoms with Gasteiger partial charge in [0.05, 0.1) is 10.5 Å². The number of hydrogen-bond acceptors (Lipinski definition) is 4. The lowest BCUT2D eigenvalue weighted by molar-refractivity contribution is 0.103. The van der Waals surface area contributed by atoms with Gasteiger partial charge in [0, 0.05) is 11.3 Å². The smallest absolute Gasteiger partial charge is 0.294 e. The molecule has 1 aliphatic carbocycles. The van der Waals surface area contributed by atoms with Crippen LogP contribution in [0.5, 0.6) is 0 Å². The molecule has 22 heavy (non-hydrogen) atoms. The van der Waals surface area contributed by atoms with Crippen molar-refractivity contribution in [2.45, 2.75) is 11.8 Å². The molecule has 2 aromatic rings. The van der Waals surface area contributed by atoms with Crippen molar-refractivity contribution in [1.29, 1.82) is 0 Å². The number of carbonyl (C=O) groups is 1. The zero-order chi connectivity index (χ0) is 16.2. The first-order valence-electron chi connectivity index (χ1n) is 6.47. The molecule has 0 saturated heterocycles. The highest BCUT2D eigenvalue weighted by Crippen LogP contribution is 2.41. The molecular formula is C16H13NO4S. The van der Waals surface area contributed by atoms with E-state index in [1.165, 1.54) is 6.92 Å². The van der Waals surface area contributed by atoms with Crippen molar-refractivity contribution >= 4 is 27.2 Å². The molecule has 112 valence electrons. The molecule has 0 fully saturated rings. The Hall–Kier alpha value is -2.44. The van der Waals surface area contributed by atoms with Gasteiger partial charge in [-0.3, -0.25) is 9.35 Å². The van der Waals surface area contributed by atoms with Gasteiger partial charge in [0.15, 0.2) is 5.78 Å². The molecular weight excluding hydrogens is 302 g/mol. The minimum atomic E-state index is -4.44. The number of anilines is 1. The lowest BCUT2D eigenvalue weighted by Crippen LogP contribution is -2.19. The highest BCUT2D eigenvalue weighted by Gasteiger charge is 2.32. The van der Waals surface area contributed by atoms with Gasteiger partial charge in [-0.2, -0.15) is 8.42 Å². The van der Waals surface area contributed by atoms with Gasteiger partial charge in [-0.15, -0.1) is 0 Å². The molecule has 3 N–H and O–H groups in total. The molecule has 0 atom stereocenters. The van der Waals surface area contributed by atoms with Crippen LogP contribution in [0.15, 0.2) is 41.8 Å². The predicted octanol–water partition coefficient (Wildman–Crippen LogP) is 2.43. The van der Waals surface area contributed by atoms with Crippen LogP contribution in [-0.2, 0) is 10.1 Å². The fourth-order valence-corrected chi connectivity index (χ4v) is 3.64. The zero-order valence-electron chi connectivity index (χ0n) is 11.8. The van der Waals surface area contributed by atoms with Gasteiger partial charge in [0.1, 0.15) is 0 Å². The predicted molar refractivity (Wildman–Crippen MR) is 83.4 cm³/mol. The summed E-state index contributed by atoms with van der Waals surface area (Å²) >= 11 is 0. The summed E-state index contributed by atoms with van der Waals surface area (Å²) in [4.78, 5) is 12.3. The van der Waals surface area contributed by atoms with Crippen molar-refractivity contribution in [2.24, 2.45) is 0 Å². The zero-order valence-corrected chi connectivity index (χ0v) is 12.6. The van der Waals surface area contributed by atoms with Crippen molar-refractivity contribution in [2.75, 3.05) is 5.73 Å². The molecule has 0 saturated carbocycles. The largest absolute Gasteiger partial charge is 0.398 e. The summed E-state index contributed by atoms with van der Waals surface area (Å²) in [5, 5.41) is 0. The standard InChI is InChI=1S/C16H13NO4S/c1-8-10-5-3-4-6-11(10)16(18)15-12(17)7-13(22(19,20)21)9(2)14(8)15/h3-7H,1,17H2,2H3,(H,19,20,21). The third-order valence-corrected chi connectivity index (χ3v) is 4.85. The molecule has 5 nitrogen and oxygen atoms in total. The average Bonchev–Trinajstić information content (AvgIpc) is 2.45. The van der Waals surface area contributed by atoms with Gasteiger partial charge >= 0.3 is 0 Å². The van der Waals surface area contributed by atoms with E-state index in [1.807, 2.05) is 0 Å². The van der Waals surface area contributed by atoms with Crippen LogP contribution in [0.25, 0.3) is 5.57 Å². The Morgan fingerprint density at radius 1 is 1.14 bits per heavy atom. The summed E-state index contributed by atoms with van der Waals surface area (Å²) in [6.45, 7) is 5.49.